The summed E-state index contributed by atoms with van der Waals surface area (Å²) < 4.78 is 42.1. The molecule has 0 saturated carbocycles. The van der Waals surface area contributed by atoms with E-state index in [0.29, 0.717) is 0 Å². The predicted molar refractivity (Wildman–Crippen MR) is 62.3 cm³/mol. The van der Waals surface area contributed by atoms with Crippen LogP contribution in [0, 0.1) is 10.8 Å². The lowest BCUT2D eigenvalue weighted by Gasteiger charge is -2.08. The molecule has 0 fully saturated rings. The molecule has 0 unspecified atom stereocenters. The van der Waals surface area contributed by atoms with Crippen LogP contribution in [0.1, 0.15) is 12.5 Å². The smallest absolute Gasteiger partial charge is 0.416 e. The predicted octanol–water partition coefficient (Wildman–Crippen LogP) is 3.66. The summed E-state index contributed by atoms with van der Waals surface area (Å²) in [4.78, 5) is 0. The molecule has 0 saturated heterocycles. The van der Waals surface area contributed by atoms with Crippen molar-refractivity contribution < 1.29 is 17.9 Å². The van der Waals surface area contributed by atoms with Crippen LogP contribution in [0.15, 0.2) is 36.4 Å². The Kier molecular flexibility index (Phi) is 4.25. The van der Waals surface area contributed by atoms with Crippen molar-refractivity contribution in [1.29, 1.82) is 10.8 Å². The molecule has 0 radical (unpaired) electrons. The molecule has 0 aliphatic heterocycles. The molecule has 0 heterocycles. The number of alkyl halides is 3. The molecule has 96 valence electrons. The maximum absolute atomic E-state index is 12.4. The molecule has 2 N–H and O–H groups in total. The zero-order valence-electron chi connectivity index (χ0n) is 9.51. The lowest BCUT2D eigenvalue weighted by molar-refractivity contribution is -0.137. The number of benzene rings is 1. The van der Waals surface area contributed by atoms with E-state index >= 15 is 0 Å². The quantitative estimate of drug-likeness (QED) is 0.629. The van der Waals surface area contributed by atoms with E-state index in [2.05, 4.69) is 0 Å². The van der Waals surface area contributed by atoms with Gasteiger partial charge in [0.15, 0.2) is 0 Å². The second kappa shape index (κ2) is 5.48. The zero-order chi connectivity index (χ0) is 13.8. The van der Waals surface area contributed by atoms with Crippen LogP contribution in [0.2, 0.25) is 0 Å². The van der Waals surface area contributed by atoms with Crippen molar-refractivity contribution in [2.45, 2.75) is 13.1 Å². The Labute approximate surface area is 102 Å². The minimum absolute atomic E-state index is 0.0675. The zero-order valence-corrected chi connectivity index (χ0v) is 9.51. The third-order valence-electron chi connectivity index (χ3n) is 1.87. The van der Waals surface area contributed by atoms with Crippen molar-refractivity contribution in [2.75, 3.05) is 0 Å². The van der Waals surface area contributed by atoms with E-state index in [9.17, 15) is 13.2 Å². The van der Waals surface area contributed by atoms with Crippen molar-refractivity contribution in [3.05, 3.63) is 42.0 Å². The maximum atomic E-state index is 12.4. The topological polar surface area (TPSA) is 56.9 Å². The third-order valence-corrected chi connectivity index (χ3v) is 1.87. The molecular weight excluding hydrogens is 245 g/mol. The van der Waals surface area contributed by atoms with E-state index in [1.807, 2.05) is 0 Å². The van der Waals surface area contributed by atoms with E-state index in [1.54, 1.807) is 0 Å². The highest BCUT2D eigenvalue weighted by Gasteiger charge is 2.30. The lowest BCUT2D eigenvalue weighted by atomic mass is 10.2. The van der Waals surface area contributed by atoms with Gasteiger partial charge >= 0.3 is 6.18 Å². The summed E-state index contributed by atoms with van der Waals surface area (Å²) in [5.74, 6) is -0.400. The average molecular weight is 256 g/mol. The Hall–Kier alpha value is -2.11. The van der Waals surface area contributed by atoms with Gasteiger partial charge in [-0.15, -0.1) is 0 Å². The van der Waals surface area contributed by atoms with E-state index < -0.39 is 11.7 Å². The van der Waals surface area contributed by atoms with Crippen LogP contribution in [-0.2, 0) is 6.18 Å². The Bertz CT molecular complexity index is 492. The molecule has 3 nitrogen and oxygen atoms in total. The molecule has 0 amide bonds. The van der Waals surface area contributed by atoms with Crippen molar-refractivity contribution >= 4 is 11.6 Å². The second-order valence-corrected chi connectivity index (χ2v) is 3.51. The van der Waals surface area contributed by atoms with E-state index in [-0.39, 0.29) is 17.4 Å². The molecule has 0 atom stereocenters. The van der Waals surface area contributed by atoms with E-state index in [4.69, 9.17) is 15.6 Å². The van der Waals surface area contributed by atoms with Crippen LogP contribution in [0.25, 0.3) is 0 Å². The van der Waals surface area contributed by atoms with Gasteiger partial charge in [-0.2, -0.15) is 13.2 Å². The van der Waals surface area contributed by atoms with Gasteiger partial charge in [-0.3, -0.25) is 5.41 Å². The van der Waals surface area contributed by atoms with Gasteiger partial charge in [0.25, 0.3) is 0 Å². The van der Waals surface area contributed by atoms with Crippen LogP contribution < -0.4 is 4.74 Å². The Morgan fingerprint density at radius 1 is 1.22 bits per heavy atom. The fourth-order valence-corrected chi connectivity index (χ4v) is 1.10. The minimum Gasteiger partial charge on any atom is -0.440 e. The molecule has 1 aromatic rings. The van der Waals surface area contributed by atoms with Gasteiger partial charge in [0.05, 0.1) is 5.56 Å². The van der Waals surface area contributed by atoms with Gasteiger partial charge in [-0.25, -0.2) is 0 Å². The Morgan fingerprint density at radius 2 is 1.89 bits per heavy atom. The van der Waals surface area contributed by atoms with Crippen LogP contribution >= 0.6 is 0 Å². The van der Waals surface area contributed by atoms with E-state index in [0.717, 1.165) is 12.1 Å². The number of hydrogen-bond acceptors (Lipinski definition) is 3. The standard InChI is InChI=1S/C12H11F3N2O/c1-8(16)5-6-11(17)18-10-4-2-3-9(7-10)12(13,14)15/h2-7,16-17H,1H3/b6-5-,16-8?,17-11?. The largest absolute Gasteiger partial charge is 0.440 e. The molecule has 1 aromatic carbocycles. The number of nitrogens with one attached hydrogen (secondary N) is 2. The summed E-state index contributed by atoms with van der Waals surface area (Å²) in [6.07, 6.45) is -1.93. The molecule has 0 bridgehead atoms. The molecule has 0 aliphatic carbocycles. The summed E-state index contributed by atoms with van der Waals surface area (Å²) in [6, 6.07) is 4.28. The normalized spacial score (nSPS) is 11.6. The first kappa shape index (κ1) is 14.0. The van der Waals surface area contributed by atoms with Gasteiger partial charge in [-0.05, 0) is 31.2 Å². The number of ether oxygens (including phenoxy) is 1. The monoisotopic (exact) mass is 256 g/mol. The van der Waals surface area contributed by atoms with Gasteiger partial charge < -0.3 is 10.1 Å². The molecule has 1 rings (SSSR count). The van der Waals surface area contributed by atoms with Gasteiger partial charge in [-0.1, -0.05) is 6.07 Å². The highest BCUT2D eigenvalue weighted by Crippen LogP contribution is 2.31. The number of allylic oxidation sites excluding steroid dienone is 1. The summed E-state index contributed by atoms with van der Waals surface area (Å²) in [6.45, 7) is 1.51. The first-order valence-corrected chi connectivity index (χ1v) is 4.96. The molecule has 0 aromatic heterocycles. The number of halogens is 3. The van der Waals surface area contributed by atoms with Gasteiger partial charge in [0.1, 0.15) is 5.75 Å². The second-order valence-electron chi connectivity index (χ2n) is 3.51. The fraction of sp³-hybridized carbons (Fsp3) is 0.167. The lowest BCUT2D eigenvalue weighted by Crippen LogP contribution is -2.07. The highest BCUT2D eigenvalue weighted by molar-refractivity contribution is 5.97. The van der Waals surface area contributed by atoms with Crippen LogP contribution in [0.5, 0.6) is 5.75 Å². The van der Waals surface area contributed by atoms with Crippen molar-refractivity contribution in [2.24, 2.45) is 0 Å². The number of hydrogen-bond donors (Lipinski definition) is 2. The Balaban J connectivity index is 2.80. The first-order chi connectivity index (χ1) is 8.29. The highest BCUT2D eigenvalue weighted by atomic mass is 19.4. The molecular formula is C12H11F3N2O. The molecule has 6 heteroatoms. The molecule has 0 spiro atoms. The summed E-state index contributed by atoms with van der Waals surface area (Å²) in [5, 5.41) is 14.5. The van der Waals surface area contributed by atoms with Crippen LogP contribution in [-0.4, -0.2) is 11.6 Å². The number of rotatable bonds is 3. The molecule has 0 aliphatic rings. The van der Waals surface area contributed by atoms with E-state index in [1.165, 1.54) is 31.2 Å². The summed E-state index contributed by atoms with van der Waals surface area (Å²) >= 11 is 0. The summed E-state index contributed by atoms with van der Waals surface area (Å²) in [7, 11) is 0. The van der Waals surface area contributed by atoms with Crippen LogP contribution in [0.3, 0.4) is 0 Å². The molecule has 18 heavy (non-hydrogen) atoms. The van der Waals surface area contributed by atoms with Crippen LogP contribution in [0.4, 0.5) is 13.2 Å². The maximum Gasteiger partial charge on any atom is 0.416 e. The average Bonchev–Trinajstić information content (AvgIpc) is 2.25. The minimum atomic E-state index is -4.44. The Morgan fingerprint density at radius 3 is 2.44 bits per heavy atom. The third kappa shape index (κ3) is 4.40. The summed E-state index contributed by atoms with van der Waals surface area (Å²) in [5.41, 5.74) is -0.618. The van der Waals surface area contributed by atoms with Gasteiger partial charge in [0, 0.05) is 11.8 Å². The SMILES string of the molecule is CC(=N)/C=C\C(=N)Oc1cccc(C(F)(F)F)c1. The van der Waals surface area contributed by atoms with Crippen molar-refractivity contribution in [3.8, 4) is 5.75 Å². The first-order valence-electron chi connectivity index (χ1n) is 4.96. The van der Waals surface area contributed by atoms with Gasteiger partial charge in [0.2, 0.25) is 5.90 Å². The van der Waals surface area contributed by atoms with Crippen molar-refractivity contribution in [3.63, 3.8) is 0 Å². The van der Waals surface area contributed by atoms with Crippen molar-refractivity contribution in [1.82, 2.24) is 0 Å². The fourth-order valence-electron chi connectivity index (χ4n) is 1.10.